The van der Waals surface area contributed by atoms with Crippen LogP contribution >= 0.6 is 24.0 Å². The van der Waals surface area contributed by atoms with Gasteiger partial charge in [-0.05, 0) is 49.8 Å². The molecule has 2 fully saturated rings. The predicted octanol–water partition coefficient (Wildman–Crippen LogP) is 2.57. The Morgan fingerprint density at radius 3 is 2.48 bits per heavy atom. The average Bonchev–Trinajstić information content (AvgIpc) is 3.42. The zero-order chi connectivity index (χ0) is 21.1. The van der Waals surface area contributed by atoms with Crippen LogP contribution in [-0.4, -0.2) is 48.9 Å². The third kappa shape index (κ3) is 4.88. The van der Waals surface area contributed by atoms with Crippen LogP contribution in [0.3, 0.4) is 0 Å². The number of carbonyl (C=O) groups excluding carboxylic acids is 2. The first-order chi connectivity index (χ1) is 14.6. The second-order valence-corrected chi connectivity index (χ2v) is 8.03. The lowest BCUT2D eigenvalue weighted by Crippen LogP contribution is -2.43. The minimum Gasteiger partial charge on any atom is -0.494 e. The van der Waals surface area contributed by atoms with Crippen LogP contribution in [0, 0.1) is 23.7 Å². The second-order valence-electron chi connectivity index (χ2n) is 8.03. The summed E-state index contributed by atoms with van der Waals surface area (Å²) in [5.41, 5.74) is 1.05. The molecular formula is C23H31IN4O3. The van der Waals surface area contributed by atoms with E-state index in [1.165, 1.54) is 4.90 Å². The van der Waals surface area contributed by atoms with Gasteiger partial charge in [-0.1, -0.05) is 24.3 Å². The molecule has 0 spiro atoms. The molecule has 4 unspecified atom stereocenters. The minimum absolute atomic E-state index is 0. The number of likely N-dealkylation sites (tertiary alicyclic amines) is 1. The molecule has 2 N–H and O–H groups in total. The van der Waals surface area contributed by atoms with Crippen molar-refractivity contribution in [2.24, 2.45) is 28.7 Å². The number of nitrogens with one attached hydrogen (secondary N) is 2. The van der Waals surface area contributed by atoms with Crippen LogP contribution in [0.15, 0.2) is 41.4 Å². The van der Waals surface area contributed by atoms with Crippen LogP contribution in [0.4, 0.5) is 0 Å². The highest BCUT2D eigenvalue weighted by Crippen LogP contribution is 2.52. The van der Waals surface area contributed by atoms with E-state index in [2.05, 4.69) is 27.8 Å². The zero-order valence-electron chi connectivity index (χ0n) is 18.0. The van der Waals surface area contributed by atoms with Crippen molar-refractivity contribution < 1.29 is 14.3 Å². The molecule has 31 heavy (non-hydrogen) atoms. The van der Waals surface area contributed by atoms with Gasteiger partial charge in [-0.15, -0.1) is 24.0 Å². The summed E-state index contributed by atoms with van der Waals surface area (Å²) in [6.45, 7) is 6.68. The highest BCUT2D eigenvalue weighted by atomic mass is 127. The molecule has 8 heteroatoms. The third-order valence-electron chi connectivity index (χ3n) is 6.16. The normalized spacial score (nSPS) is 26.1. The van der Waals surface area contributed by atoms with E-state index in [-0.39, 0.29) is 59.5 Å². The lowest BCUT2D eigenvalue weighted by Gasteiger charge is -2.18. The number of fused-ring (bicyclic) bond motifs is 5. The molecule has 1 saturated carbocycles. The number of hydrogen-bond donors (Lipinski definition) is 2. The fourth-order valence-corrected chi connectivity index (χ4v) is 4.88. The molecule has 1 saturated heterocycles. The molecule has 2 aliphatic carbocycles. The van der Waals surface area contributed by atoms with Gasteiger partial charge in [0.05, 0.1) is 25.0 Å². The molecule has 168 valence electrons. The number of halogens is 1. The molecule has 0 aromatic heterocycles. The molecule has 0 radical (unpaired) electrons. The molecule has 4 rings (SSSR count). The molecular weight excluding hydrogens is 507 g/mol. The summed E-state index contributed by atoms with van der Waals surface area (Å²) < 4.78 is 5.54. The Kier molecular flexibility index (Phi) is 7.96. The molecule has 1 aromatic carbocycles. The Hall–Kier alpha value is -2.10. The van der Waals surface area contributed by atoms with Crippen molar-refractivity contribution in [2.45, 2.75) is 26.8 Å². The maximum atomic E-state index is 12.8. The second kappa shape index (κ2) is 10.5. The van der Waals surface area contributed by atoms with Gasteiger partial charge in [0, 0.05) is 19.6 Å². The van der Waals surface area contributed by atoms with Crippen LogP contribution in [0.25, 0.3) is 0 Å². The summed E-state index contributed by atoms with van der Waals surface area (Å²) in [6, 6.07) is 7.89. The van der Waals surface area contributed by atoms with E-state index in [0.717, 1.165) is 24.3 Å². The lowest BCUT2D eigenvalue weighted by atomic mass is 9.85. The first kappa shape index (κ1) is 23.6. The molecule has 4 atom stereocenters. The van der Waals surface area contributed by atoms with E-state index in [1.807, 2.05) is 38.1 Å². The molecule has 1 aromatic rings. The Morgan fingerprint density at radius 1 is 1.13 bits per heavy atom. The SMILES string of the molecule is CCNC(=NCc1cccc(OCC)c1)NCCN1C(=O)C2C3C=CC(C3)C2C1=O.I. The van der Waals surface area contributed by atoms with Crippen LogP contribution in [-0.2, 0) is 16.1 Å². The van der Waals surface area contributed by atoms with Crippen LogP contribution in [0.5, 0.6) is 5.75 Å². The first-order valence-corrected chi connectivity index (χ1v) is 10.9. The Labute approximate surface area is 200 Å². The van der Waals surface area contributed by atoms with Crippen molar-refractivity contribution in [3.8, 4) is 5.75 Å². The number of aliphatic imine (C=N–C) groups is 1. The van der Waals surface area contributed by atoms with Crippen molar-refractivity contribution in [3.63, 3.8) is 0 Å². The molecule has 2 amide bonds. The van der Waals surface area contributed by atoms with E-state index in [9.17, 15) is 9.59 Å². The Bertz CT molecular complexity index is 842. The Balaban J connectivity index is 0.00000272. The number of allylic oxidation sites excluding steroid dienone is 2. The molecule has 1 heterocycles. The number of rotatable bonds is 8. The highest BCUT2D eigenvalue weighted by molar-refractivity contribution is 14.0. The molecule has 3 aliphatic rings. The average molecular weight is 538 g/mol. The van der Waals surface area contributed by atoms with Gasteiger partial charge in [0.1, 0.15) is 5.75 Å². The zero-order valence-corrected chi connectivity index (χ0v) is 20.4. The van der Waals surface area contributed by atoms with E-state index >= 15 is 0 Å². The summed E-state index contributed by atoms with van der Waals surface area (Å²) in [5, 5.41) is 6.46. The maximum absolute atomic E-state index is 12.8. The molecule has 2 bridgehead atoms. The third-order valence-corrected chi connectivity index (χ3v) is 6.16. The predicted molar refractivity (Wildman–Crippen MR) is 130 cm³/mol. The van der Waals surface area contributed by atoms with Crippen molar-refractivity contribution in [3.05, 3.63) is 42.0 Å². The summed E-state index contributed by atoms with van der Waals surface area (Å²) >= 11 is 0. The fraction of sp³-hybridized carbons (Fsp3) is 0.522. The number of nitrogens with zero attached hydrogens (tertiary/aromatic N) is 2. The quantitative estimate of drug-likeness (QED) is 0.175. The summed E-state index contributed by atoms with van der Waals surface area (Å²) in [6.07, 6.45) is 5.20. The highest BCUT2D eigenvalue weighted by Gasteiger charge is 2.58. The van der Waals surface area contributed by atoms with E-state index < -0.39 is 0 Å². The smallest absolute Gasteiger partial charge is 0.233 e. The standard InChI is InChI=1S/C23H30N4O3.HI/c1-3-24-23(26-14-15-6-5-7-18(12-15)30-4-2)25-10-11-27-21(28)19-16-8-9-17(13-16)20(19)22(27)29;/h5-9,12,16-17,19-20H,3-4,10-11,13-14H2,1-2H3,(H2,24,25,26);1H. The summed E-state index contributed by atoms with van der Waals surface area (Å²) in [7, 11) is 0. The fourth-order valence-electron chi connectivity index (χ4n) is 4.88. The van der Waals surface area contributed by atoms with Gasteiger partial charge < -0.3 is 15.4 Å². The summed E-state index contributed by atoms with van der Waals surface area (Å²) in [4.78, 5) is 31.6. The topological polar surface area (TPSA) is 83.0 Å². The Morgan fingerprint density at radius 2 is 1.84 bits per heavy atom. The number of benzene rings is 1. The van der Waals surface area contributed by atoms with Crippen molar-refractivity contribution >= 4 is 41.8 Å². The minimum atomic E-state index is -0.132. The van der Waals surface area contributed by atoms with Crippen molar-refractivity contribution in [1.29, 1.82) is 0 Å². The molecule has 1 aliphatic heterocycles. The van der Waals surface area contributed by atoms with Gasteiger partial charge in [-0.2, -0.15) is 0 Å². The van der Waals surface area contributed by atoms with Gasteiger partial charge in [0.2, 0.25) is 11.8 Å². The van der Waals surface area contributed by atoms with Gasteiger partial charge in [-0.25, -0.2) is 4.99 Å². The van der Waals surface area contributed by atoms with Gasteiger partial charge in [-0.3, -0.25) is 14.5 Å². The largest absolute Gasteiger partial charge is 0.494 e. The van der Waals surface area contributed by atoms with Crippen molar-refractivity contribution in [2.75, 3.05) is 26.2 Å². The lowest BCUT2D eigenvalue weighted by molar-refractivity contribution is -0.140. The van der Waals surface area contributed by atoms with Crippen LogP contribution in [0.1, 0.15) is 25.8 Å². The molecule has 7 nitrogen and oxygen atoms in total. The number of ether oxygens (including phenoxy) is 1. The van der Waals surface area contributed by atoms with E-state index in [1.54, 1.807) is 0 Å². The van der Waals surface area contributed by atoms with E-state index in [4.69, 9.17) is 4.74 Å². The monoisotopic (exact) mass is 538 g/mol. The maximum Gasteiger partial charge on any atom is 0.233 e. The van der Waals surface area contributed by atoms with E-state index in [0.29, 0.717) is 32.2 Å². The summed E-state index contributed by atoms with van der Waals surface area (Å²) in [5.74, 6) is 1.74. The number of carbonyl (C=O) groups is 2. The number of amides is 2. The number of hydrogen-bond acceptors (Lipinski definition) is 4. The number of guanidine groups is 1. The van der Waals surface area contributed by atoms with Gasteiger partial charge >= 0.3 is 0 Å². The van der Waals surface area contributed by atoms with Crippen molar-refractivity contribution in [1.82, 2.24) is 15.5 Å². The number of imide groups is 1. The first-order valence-electron chi connectivity index (χ1n) is 10.9. The van der Waals surface area contributed by atoms with Crippen LogP contribution < -0.4 is 15.4 Å². The van der Waals surface area contributed by atoms with Crippen LogP contribution in [0.2, 0.25) is 0 Å². The van der Waals surface area contributed by atoms with Gasteiger partial charge in [0.25, 0.3) is 0 Å². The van der Waals surface area contributed by atoms with Gasteiger partial charge in [0.15, 0.2) is 5.96 Å².